The van der Waals surface area contributed by atoms with Crippen LogP contribution in [-0.2, 0) is 20.5 Å². The number of likely N-dealkylation sites (tertiary alicyclic amines) is 1. The van der Waals surface area contributed by atoms with Crippen molar-refractivity contribution in [1.82, 2.24) is 14.2 Å². The molecule has 2 fully saturated rings. The number of ether oxygens (including phenoxy) is 2. The molecular weight excluding hydrogens is 545 g/mol. The maximum atomic E-state index is 14.6. The largest absolute Gasteiger partial charge is 0.486 e. The summed E-state index contributed by atoms with van der Waals surface area (Å²) in [5.74, 6) is -0.434. The third kappa shape index (κ3) is 6.29. The van der Waals surface area contributed by atoms with Gasteiger partial charge in [0.1, 0.15) is 18.0 Å². The second-order valence-corrected chi connectivity index (χ2v) is 12.9. The van der Waals surface area contributed by atoms with E-state index in [-0.39, 0.29) is 17.8 Å². The Morgan fingerprint density at radius 3 is 2.59 bits per heavy atom. The van der Waals surface area contributed by atoms with Crippen LogP contribution in [0.2, 0.25) is 0 Å². The maximum absolute atomic E-state index is 14.6. The van der Waals surface area contributed by atoms with Crippen molar-refractivity contribution in [3.63, 3.8) is 0 Å². The number of sulfonamides is 1. The smallest absolute Gasteiger partial charge is 0.254 e. The zero-order valence-electron chi connectivity index (χ0n) is 23.8. The normalized spacial score (nSPS) is 21.4. The molecule has 0 saturated carbocycles. The molecule has 2 aliphatic heterocycles. The van der Waals surface area contributed by atoms with Crippen LogP contribution in [0.5, 0.6) is 5.75 Å². The van der Waals surface area contributed by atoms with Crippen LogP contribution < -0.4 is 4.74 Å². The molecule has 41 heavy (non-hydrogen) atoms. The molecule has 3 aromatic rings. The summed E-state index contributed by atoms with van der Waals surface area (Å²) < 4.78 is 54.9. The molecule has 1 aromatic heterocycles. The van der Waals surface area contributed by atoms with E-state index in [2.05, 4.69) is 4.98 Å². The van der Waals surface area contributed by atoms with Crippen molar-refractivity contribution in [2.45, 2.75) is 57.6 Å². The highest BCUT2D eigenvalue weighted by Crippen LogP contribution is 2.36. The van der Waals surface area contributed by atoms with E-state index in [9.17, 15) is 17.6 Å². The molecule has 8 nitrogen and oxygen atoms in total. The number of aryl methyl sites for hydroxylation is 3. The third-order valence-corrected chi connectivity index (χ3v) is 9.75. The molecule has 5 rings (SSSR count). The molecule has 2 aromatic carbocycles. The molecule has 0 spiro atoms. The van der Waals surface area contributed by atoms with Crippen LogP contribution in [-0.4, -0.2) is 67.5 Å². The van der Waals surface area contributed by atoms with Gasteiger partial charge in [0.25, 0.3) is 5.91 Å². The number of hydrogen-bond donors (Lipinski definition) is 0. The molecule has 10 heteroatoms. The van der Waals surface area contributed by atoms with E-state index in [4.69, 9.17) is 9.47 Å². The maximum Gasteiger partial charge on any atom is 0.254 e. The molecule has 0 aliphatic carbocycles. The summed E-state index contributed by atoms with van der Waals surface area (Å²) >= 11 is 0. The highest BCUT2D eigenvalue weighted by atomic mass is 32.2. The van der Waals surface area contributed by atoms with Crippen LogP contribution in [0, 0.1) is 26.7 Å². The monoisotopic (exact) mass is 581 g/mol. The van der Waals surface area contributed by atoms with Gasteiger partial charge in [0.15, 0.2) is 0 Å². The van der Waals surface area contributed by atoms with E-state index in [0.29, 0.717) is 60.6 Å². The number of rotatable bonds is 8. The van der Waals surface area contributed by atoms with Crippen LogP contribution in [0.25, 0.3) is 0 Å². The number of benzene rings is 2. The number of pyridine rings is 1. The van der Waals surface area contributed by atoms with E-state index in [0.717, 1.165) is 11.1 Å². The zero-order valence-corrected chi connectivity index (χ0v) is 24.7. The Morgan fingerprint density at radius 1 is 1.05 bits per heavy atom. The highest BCUT2D eigenvalue weighted by molar-refractivity contribution is 7.88. The van der Waals surface area contributed by atoms with E-state index >= 15 is 0 Å². The Labute approximate surface area is 241 Å². The van der Waals surface area contributed by atoms with Gasteiger partial charge >= 0.3 is 0 Å². The summed E-state index contributed by atoms with van der Waals surface area (Å²) in [5, 5.41) is 0. The van der Waals surface area contributed by atoms with Crippen molar-refractivity contribution in [2.24, 2.45) is 0 Å². The Balaban J connectivity index is 1.29. The first kappa shape index (κ1) is 29.2. The quantitative estimate of drug-likeness (QED) is 0.358. The van der Waals surface area contributed by atoms with E-state index in [1.54, 1.807) is 55.3 Å². The van der Waals surface area contributed by atoms with E-state index in [1.807, 2.05) is 32.0 Å². The van der Waals surface area contributed by atoms with Crippen molar-refractivity contribution >= 4 is 15.9 Å². The number of halogens is 1. The van der Waals surface area contributed by atoms with Crippen molar-refractivity contribution in [1.29, 1.82) is 0 Å². The molecule has 3 atom stereocenters. The molecule has 1 unspecified atom stereocenters. The minimum absolute atomic E-state index is 0.0698. The van der Waals surface area contributed by atoms with Gasteiger partial charge in [-0.05, 0) is 69.0 Å². The Bertz CT molecular complexity index is 1550. The highest BCUT2D eigenvalue weighted by Gasteiger charge is 2.39. The van der Waals surface area contributed by atoms with Gasteiger partial charge in [-0.2, -0.15) is 8.70 Å². The number of amides is 1. The number of aromatic nitrogens is 1. The second-order valence-electron chi connectivity index (χ2n) is 11.0. The Morgan fingerprint density at radius 2 is 1.83 bits per heavy atom. The summed E-state index contributed by atoms with van der Waals surface area (Å²) in [6.45, 7) is 6.65. The van der Waals surface area contributed by atoms with Crippen molar-refractivity contribution in [3.05, 3.63) is 94.1 Å². The average Bonchev–Trinajstić information content (AvgIpc) is 3.58. The van der Waals surface area contributed by atoms with Gasteiger partial charge < -0.3 is 14.4 Å². The van der Waals surface area contributed by atoms with Crippen molar-refractivity contribution in [2.75, 3.05) is 26.7 Å². The summed E-state index contributed by atoms with van der Waals surface area (Å²) in [6, 6.07) is 15.5. The van der Waals surface area contributed by atoms with Gasteiger partial charge in [0, 0.05) is 30.5 Å². The number of carbonyl (C=O) groups excluding carboxylic acids is 1. The second kappa shape index (κ2) is 11.9. The van der Waals surface area contributed by atoms with Crippen LogP contribution in [0.3, 0.4) is 0 Å². The predicted octanol–water partition coefficient (Wildman–Crippen LogP) is 4.73. The van der Waals surface area contributed by atoms with Crippen LogP contribution in [0.4, 0.5) is 4.39 Å². The lowest BCUT2D eigenvalue weighted by molar-refractivity contribution is 0.0339. The fourth-order valence-corrected chi connectivity index (χ4v) is 7.51. The Hall–Kier alpha value is -3.34. The number of methoxy groups -OCH3 is 1. The first-order valence-electron chi connectivity index (χ1n) is 13.8. The van der Waals surface area contributed by atoms with Gasteiger partial charge in [0.2, 0.25) is 16.0 Å². The predicted molar refractivity (Wildman–Crippen MR) is 154 cm³/mol. The van der Waals surface area contributed by atoms with E-state index < -0.39 is 28.1 Å². The van der Waals surface area contributed by atoms with Crippen LogP contribution in [0.15, 0.2) is 54.6 Å². The number of carbonyl (C=O) groups is 1. The fourth-order valence-electron chi connectivity index (χ4n) is 5.73. The molecule has 2 saturated heterocycles. The first-order valence-corrected chi connectivity index (χ1v) is 15.4. The molecule has 2 aliphatic rings. The number of hydrogen-bond acceptors (Lipinski definition) is 6. The molecule has 3 heterocycles. The summed E-state index contributed by atoms with van der Waals surface area (Å²) in [5.41, 5.74) is 4.00. The minimum Gasteiger partial charge on any atom is -0.486 e. The SMILES string of the molecule is CO[C@@H]1CN(C(=O)c2cc(C)ccc2C)C[C@H]1Oc1cccc(CS(=O)(=O)N2CCCC2c2ccc(C)nc2F)c1. The molecule has 0 radical (unpaired) electrons. The van der Waals surface area contributed by atoms with Gasteiger partial charge in [-0.1, -0.05) is 35.9 Å². The molecule has 218 valence electrons. The van der Waals surface area contributed by atoms with Crippen LogP contribution in [0.1, 0.15) is 57.2 Å². The van der Waals surface area contributed by atoms with Gasteiger partial charge in [0.05, 0.1) is 24.9 Å². The first-order chi connectivity index (χ1) is 19.6. The third-order valence-electron chi connectivity index (χ3n) is 7.90. The molecule has 1 amide bonds. The standard InChI is InChI=1S/C31H36FN3O5S/c1-20-10-11-21(2)26(15-20)31(36)34-17-28(39-4)29(18-34)40-24-8-5-7-23(16-24)19-41(37,38)35-14-6-9-27(35)25-13-12-22(3)33-30(25)32/h5,7-8,10-13,15-16,27-29H,6,9,14,17-19H2,1-4H3/t27?,28-,29-/m1/s1. The summed E-state index contributed by atoms with van der Waals surface area (Å²) in [6.07, 6.45) is 0.444. The zero-order chi connectivity index (χ0) is 29.3. The van der Waals surface area contributed by atoms with Crippen molar-refractivity contribution in [3.8, 4) is 5.75 Å². The van der Waals surface area contributed by atoms with Gasteiger partial charge in [-0.3, -0.25) is 4.79 Å². The molecule has 0 N–H and O–H groups in total. The molecule has 0 bridgehead atoms. The summed E-state index contributed by atoms with van der Waals surface area (Å²) in [7, 11) is -2.16. The topological polar surface area (TPSA) is 89.0 Å². The average molecular weight is 582 g/mol. The van der Waals surface area contributed by atoms with Gasteiger partial charge in [-0.25, -0.2) is 13.4 Å². The number of nitrogens with zero attached hydrogens (tertiary/aromatic N) is 3. The lowest BCUT2D eigenvalue weighted by Crippen LogP contribution is -2.33. The van der Waals surface area contributed by atoms with Crippen molar-refractivity contribution < 1.29 is 27.1 Å². The lowest BCUT2D eigenvalue weighted by Gasteiger charge is -2.25. The minimum atomic E-state index is -3.75. The fraction of sp³-hybridized carbons (Fsp3) is 0.419. The van der Waals surface area contributed by atoms with Gasteiger partial charge in [-0.15, -0.1) is 0 Å². The van der Waals surface area contributed by atoms with E-state index in [1.165, 1.54) is 4.31 Å². The summed E-state index contributed by atoms with van der Waals surface area (Å²) in [4.78, 5) is 18.9. The molecular formula is C31H36FN3O5S. The van der Waals surface area contributed by atoms with Crippen LogP contribution >= 0.6 is 0 Å². The Kier molecular flexibility index (Phi) is 8.45. The lowest BCUT2D eigenvalue weighted by atomic mass is 10.0.